The number of nitrogens with one attached hydrogen (secondary N) is 1. The monoisotopic (exact) mass is 351 g/mol. The highest BCUT2D eigenvalue weighted by Gasteiger charge is 2.19. The van der Waals surface area contributed by atoms with Gasteiger partial charge in [-0.2, -0.15) is 4.39 Å². The minimum atomic E-state index is -0.555. The van der Waals surface area contributed by atoms with Crippen molar-refractivity contribution in [3.8, 4) is 0 Å². The van der Waals surface area contributed by atoms with E-state index < -0.39 is 5.95 Å². The molecule has 0 aromatic carbocycles. The second kappa shape index (κ2) is 9.51. The lowest BCUT2D eigenvalue weighted by molar-refractivity contribution is 0.0929. The Labute approximate surface area is 149 Å². The minimum Gasteiger partial charge on any atom is -0.396 e. The predicted molar refractivity (Wildman–Crippen MR) is 98.3 cm³/mol. The molecule has 2 heterocycles. The molecular formula is C19H30FN3O2. The molecule has 5 nitrogen and oxygen atoms in total. The molecule has 0 aliphatic heterocycles. The van der Waals surface area contributed by atoms with E-state index in [4.69, 9.17) is 5.11 Å². The number of carbonyl (C=O) groups is 1. The Bertz CT molecular complexity index is 697. The van der Waals surface area contributed by atoms with Crippen LogP contribution in [0.5, 0.6) is 0 Å². The van der Waals surface area contributed by atoms with Gasteiger partial charge >= 0.3 is 0 Å². The van der Waals surface area contributed by atoms with E-state index in [0.29, 0.717) is 17.8 Å². The van der Waals surface area contributed by atoms with Crippen molar-refractivity contribution >= 4 is 11.6 Å². The Morgan fingerprint density at radius 2 is 2.16 bits per heavy atom. The van der Waals surface area contributed by atoms with Crippen molar-refractivity contribution in [3.63, 3.8) is 0 Å². The maximum atomic E-state index is 13.4. The molecule has 2 N–H and O–H groups in total. The number of amides is 1. The second-order valence-electron chi connectivity index (χ2n) is 6.53. The third-order valence-corrected chi connectivity index (χ3v) is 4.48. The quantitative estimate of drug-likeness (QED) is 0.822. The highest BCUT2D eigenvalue weighted by Crippen LogP contribution is 2.19. The zero-order valence-corrected chi connectivity index (χ0v) is 15.1. The van der Waals surface area contributed by atoms with Crippen LogP contribution in [0, 0.1) is 12.9 Å². The van der Waals surface area contributed by atoms with Crippen LogP contribution in [0.2, 0.25) is 0 Å². The maximum Gasteiger partial charge on any atom is 0.255 e. The smallest absolute Gasteiger partial charge is 0.255 e. The van der Waals surface area contributed by atoms with Gasteiger partial charge in [-0.3, -0.25) is 4.79 Å². The Morgan fingerprint density at radius 3 is 2.76 bits per heavy atom. The number of nitrogens with zero attached hydrogens (tertiary/aromatic N) is 2. The number of rotatable bonds is 4. The van der Waals surface area contributed by atoms with Gasteiger partial charge in [-0.05, 0) is 32.3 Å². The van der Waals surface area contributed by atoms with Crippen molar-refractivity contribution in [3.05, 3.63) is 35.5 Å². The van der Waals surface area contributed by atoms with Gasteiger partial charge in [0.25, 0.3) is 5.91 Å². The summed E-state index contributed by atoms with van der Waals surface area (Å²) in [7, 11) is 0. The molecule has 140 valence electrons. The van der Waals surface area contributed by atoms with Crippen LogP contribution in [0.1, 0.15) is 69.3 Å². The number of hydrogen-bond donors (Lipinski definition) is 2. The number of carbonyl (C=O) groups excluding carboxylic acids is 1. The van der Waals surface area contributed by atoms with Crippen LogP contribution in [0.25, 0.3) is 5.65 Å². The fraction of sp³-hybridized carbons (Fsp3) is 0.579. The largest absolute Gasteiger partial charge is 0.396 e. The Kier molecular flexibility index (Phi) is 7.37. The normalized spacial score (nSPS) is 14.9. The van der Waals surface area contributed by atoms with E-state index >= 15 is 0 Å². The molecule has 0 atom stereocenters. The highest BCUT2D eigenvalue weighted by molar-refractivity contribution is 6.00. The highest BCUT2D eigenvalue weighted by atomic mass is 19.1. The molecule has 0 saturated heterocycles. The van der Waals surface area contributed by atoms with Gasteiger partial charge in [-0.15, -0.1) is 0 Å². The topological polar surface area (TPSA) is 66.6 Å². The first-order valence-electron chi connectivity index (χ1n) is 9.12. The average molecular weight is 351 g/mol. The Morgan fingerprint density at radius 1 is 1.44 bits per heavy atom. The lowest BCUT2D eigenvalue weighted by Crippen LogP contribution is -2.36. The summed E-state index contributed by atoms with van der Waals surface area (Å²) in [6.45, 7) is 4.19. The molecule has 2 aromatic rings. The molecule has 1 aliphatic rings. The Balaban J connectivity index is 0.000000501. The van der Waals surface area contributed by atoms with Crippen molar-refractivity contribution in [2.45, 2.75) is 64.8 Å². The fourth-order valence-corrected chi connectivity index (χ4v) is 3.04. The van der Waals surface area contributed by atoms with Crippen LogP contribution in [-0.2, 0) is 0 Å². The van der Waals surface area contributed by atoms with E-state index in [1.54, 1.807) is 23.6 Å². The van der Waals surface area contributed by atoms with Gasteiger partial charge in [-0.1, -0.05) is 32.6 Å². The van der Waals surface area contributed by atoms with Gasteiger partial charge in [0.05, 0.1) is 5.56 Å². The predicted octanol–water partition coefficient (Wildman–Crippen LogP) is 3.87. The molecule has 1 fully saturated rings. The lowest BCUT2D eigenvalue weighted by atomic mass is 9.95. The van der Waals surface area contributed by atoms with Gasteiger partial charge < -0.3 is 14.8 Å². The number of fused-ring (bicyclic) bond motifs is 1. The molecule has 0 bridgehead atoms. The summed E-state index contributed by atoms with van der Waals surface area (Å²) in [5.41, 5.74) is 1.55. The first kappa shape index (κ1) is 19.4. The van der Waals surface area contributed by atoms with Crippen LogP contribution in [-0.4, -0.2) is 33.0 Å². The van der Waals surface area contributed by atoms with Crippen LogP contribution < -0.4 is 5.32 Å². The fourth-order valence-electron chi connectivity index (χ4n) is 3.04. The van der Waals surface area contributed by atoms with Crippen molar-refractivity contribution in [2.24, 2.45) is 0 Å². The number of unbranched alkanes of at least 4 members (excludes halogenated alkanes) is 1. The summed E-state index contributed by atoms with van der Waals surface area (Å²) in [6, 6.07) is 3.30. The summed E-state index contributed by atoms with van der Waals surface area (Å²) in [6.07, 6.45) is 9.41. The summed E-state index contributed by atoms with van der Waals surface area (Å²) in [5, 5.41) is 11.1. The molecule has 3 rings (SSSR count). The summed E-state index contributed by atoms with van der Waals surface area (Å²) in [5.74, 6) is -0.711. The number of aromatic nitrogens is 2. The standard InChI is InChI=1S/C15H18FN3O.C4H10O.H2/c1-10-9-13(16)18-14-12(7-8-19(10)14)15(20)17-11-5-3-2-4-6-11;1-2-3-4-5;/h7-9,11H,2-6H2,1H3,(H,17,20);5H,2-4H2,1H3;1H. The molecular weight excluding hydrogens is 321 g/mol. The number of halogens is 1. The van der Waals surface area contributed by atoms with E-state index in [-0.39, 0.29) is 13.4 Å². The zero-order chi connectivity index (χ0) is 18.2. The molecule has 1 saturated carbocycles. The first-order valence-corrected chi connectivity index (χ1v) is 9.12. The molecule has 25 heavy (non-hydrogen) atoms. The van der Waals surface area contributed by atoms with Crippen molar-refractivity contribution in [1.82, 2.24) is 14.7 Å². The summed E-state index contributed by atoms with van der Waals surface area (Å²) in [4.78, 5) is 16.2. The van der Waals surface area contributed by atoms with E-state index in [1.165, 1.54) is 12.5 Å². The molecule has 1 aliphatic carbocycles. The SMILES string of the molecule is CCCCO.Cc1cc(F)nc2c(C(=O)NC3CCCCC3)ccn12.[HH]. The molecule has 0 spiro atoms. The van der Waals surface area contributed by atoms with Gasteiger partial charge in [0.1, 0.15) is 0 Å². The number of aliphatic hydroxyl groups excluding tert-OH is 1. The Hall–Kier alpha value is -1.95. The molecule has 6 heteroatoms. The van der Waals surface area contributed by atoms with E-state index in [1.807, 2.05) is 0 Å². The molecule has 0 unspecified atom stereocenters. The van der Waals surface area contributed by atoms with Crippen molar-refractivity contribution < 1.29 is 15.7 Å². The van der Waals surface area contributed by atoms with Gasteiger partial charge in [0.2, 0.25) is 5.95 Å². The van der Waals surface area contributed by atoms with Gasteiger partial charge in [0, 0.05) is 32.0 Å². The van der Waals surface area contributed by atoms with Gasteiger partial charge in [-0.25, -0.2) is 4.98 Å². The third-order valence-electron chi connectivity index (χ3n) is 4.48. The molecule has 0 radical (unpaired) electrons. The van der Waals surface area contributed by atoms with Crippen LogP contribution in [0.15, 0.2) is 18.3 Å². The lowest BCUT2D eigenvalue weighted by Gasteiger charge is -2.22. The molecule has 2 aromatic heterocycles. The van der Waals surface area contributed by atoms with Crippen LogP contribution >= 0.6 is 0 Å². The zero-order valence-electron chi connectivity index (χ0n) is 15.1. The van der Waals surface area contributed by atoms with E-state index in [9.17, 15) is 9.18 Å². The minimum absolute atomic E-state index is 0. The van der Waals surface area contributed by atoms with E-state index in [2.05, 4.69) is 17.2 Å². The van der Waals surface area contributed by atoms with E-state index in [0.717, 1.165) is 44.2 Å². The number of aliphatic hydroxyl groups is 1. The van der Waals surface area contributed by atoms with Crippen molar-refractivity contribution in [2.75, 3.05) is 6.61 Å². The van der Waals surface area contributed by atoms with Gasteiger partial charge in [0.15, 0.2) is 5.65 Å². The average Bonchev–Trinajstić information content (AvgIpc) is 3.01. The maximum absolute atomic E-state index is 13.4. The van der Waals surface area contributed by atoms with Crippen LogP contribution in [0.3, 0.4) is 0 Å². The summed E-state index contributed by atoms with van der Waals surface area (Å²) < 4.78 is 15.2. The molecule has 1 amide bonds. The van der Waals surface area contributed by atoms with Crippen LogP contribution in [0.4, 0.5) is 4.39 Å². The van der Waals surface area contributed by atoms with Crippen molar-refractivity contribution in [1.29, 1.82) is 0 Å². The number of hydrogen-bond acceptors (Lipinski definition) is 3. The first-order chi connectivity index (χ1) is 12.1. The second-order valence-corrected chi connectivity index (χ2v) is 6.53. The summed E-state index contributed by atoms with van der Waals surface area (Å²) >= 11 is 0. The third kappa shape index (κ3) is 5.26. The number of aryl methyl sites for hydroxylation is 1.